The number of carbonyl (C=O) groups is 1. The monoisotopic (exact) mass is 287 g/mol. The molecule has 0 aliphatic carbocycles. The topological polar surface area (TPSA) is 68.5 Å². The average Bonchev–Trinajstić information content (AvgIpc) is 3.03. The van der Waals surface area contributed by atoms with E-state index in [1.165, 1.54) is 6.26 Å². The number of hydrogen-bond acceptors (Lipinski definition) is 5. The minimum absolute atomic E-state index is 0.0605. The van der Waals surface area contributed by atoms with E-state index in [1.807, 2.05) is 13.0 Å². The summed E-state index contributed by atoms with van der Waals surface area (Å²) < 4.78 is 11.0. The molecule has 0 N–H and O–H groups in total. The minimum Gasteiger partial charge on any atom is -0.471 e. The second-order valence-electron chi connectivity index (χ2n) is 5.12. The third-order valence-corrected chi connectivity index (χ3v) is 3.46. The highest BCUT2D eigenvalue weighted by Gasteiger charge is 2.27. The average molecular weight is 287 g/mol. The van der Waals surface area contributed by atoms with E-state index in [-0.39, 0.29) is 12.0 Å². The third-order valence-electron chi connectivity index (χ3n) is 3.46. The molecule has 0 aromatic carbocycles. The van der Waals surface area contributed by atoms with Crippen molar-refractivity contribution >= 4 is 5.91 Å². The molecule has 3 rings (SSSR count). The zero-order chi connectivity index (χ0) is 14.7. The molecule has 1 atom stereocenters. The van der Waals surface area contributed by atoms with Crippen molar-refractivity contribution < 1.29 is 13.9 Å². The van der Waals surface area contributed by atoms with Crippen molar-refractivity contribution in [2.75, 3.05) is 13.1 Å². The first-order chi connectivity index (χ1) is 10.2. The van der Waals surface area contributed by atoms with Gasteiger partial charge in [0.2, 0.25) is 5.88 Å². The fourth-order valence-electron chi connectivity index (χ4n) is 2.40. The zero-order valence-corrected chi connectivity index (χ0v) is 11.9. The zero-order valence-electron chi connectivity index (χ0n) is 11.9. The Morgan fingerprint density at radius 3 is 3.00 bits per heavy atom. The van der Waals surface area contributed by atoms with Gasteiger partial charge in [-0.25, -0.2) is 0 Å². The number of amides is 1. The molecule has 6 nitrogen and oxygen atoms in total. The Labute approximate surface area is 122 Å². The van der Waals surface area contributed by atoms with Crippen molar-refractivity contribution in [1.82, 2.24) is 15.1 Å². The third kappa shape index (κ3) is 3.21. The molecule has 0 unspecified atom stereocenters. The Hall–Kier alpha value is -2.37. The molecule has 1 aliphatic heterocycles. The van der Waals surface area contributed by atoms with Crippen molar-refractivity contribution in [3.05, 3.63) is 42.0 Å². The number of aryl methyl sites for hydroxylation is 1. The fourth-order valence-corrected chi connectivity index (χ4v) is 2.40. The van der Waals surface area contributed by atoms with Crippen molar-refractivity contribution in [2.24, 2.45) is 0 Å². The van der Waals surface area contributed by atoms with E-state index in [2.05, 4.69) is 10.2 Å². The highest BCUT2D eigenvalue weighted by molar-refractivity contribution is 5.91. The van der Waals surface area contributed by atoms with E-state index < -0.39 is 0 Å². The predicted molar refractivity (Wildman–Crippen MR) is 75.0 cm³/mol. The lowest BCUT2D eigenvalue weighted by Gasteiger charge is -2.31. The Kier molecular flexibility index (Phi) is 3.85. The quantitative estimate of drug-likeness (QED) is 0.864. The van der Waals surface area contributed by atoms with Gasteiger partial charge in [0, 0.05) is 12.6 Å². The van der Waals surface area contributed by atoms with Crippen LogP contribution in [0.15, 0.2) is 34.9 Å². The van der Waals surface area contributed by atoms with Crippen LogP contribution in [0.5, 0.6) is 5.88 Å². The lowest BCUT2D eigenvalue weighted by Crippen LogP contribution is -2.44. The van der Waals surface area contributed by atoms with Crippen LogP contribution in [-0.4, -0.2) is 40.2 Å². The minimum atomic E-state index is -0.0942. The van der Waals surface area contributed by atoms with E-state index in [1.54, 1.807) is 23.1 Å². The number of aromatic nitrogens is 2. The Morgan fingerprint density at radius 1 is 1.38 bits per heavy atom. The lowest BCUT2D eigenvalue weighted by atomic mass is 10.1. The van der Waals surface area contributed by atoms with Gasteiger partial charge >= 0.3 is 0 Å². The van der Waals surface area contributed by atoms with Gasteiger partial charge in [-0.15, -0.1) is 5.10 Å². The Balaban J connectivity index is 1.63. The second kappa shape index (κ2) is 5.95. The first-order valence-electron chi connectivity index (χ1n) is 7.02. The molecule has 3 heterocycles. The summed E-state index contributed by atoms with van der Waals surface area (Å²) in [6, 6.07) is 7.05. The Bertz CT molecular complexity index is 595. The molecule has 6 heteroatoms. The summed E-state index contributed by atoms with van der Waals surface area (Å²) in [4.78, 5) is 14.0. The van der Waals surface area contributed by atoms with Gasteiger partial charge < -0.3 is 14.1 Å². The summed E-state index contributed by atoms with van der Waals surface area (Å²) >= 11 is 0. The number of hydrogen-bond donors (Lipinski definition) is 0. The van der Waals surface area contributed by atoms with Gasteiger partial charge in [0.25, 0.3) is 5.91 Å². The van der Waals surface area contributed by atoms with E-state index in [0.29, 0.717) is 18.2 Å². The summed E-state index contributed by atoms with van der Waals surface area (Å²) in [6.07, 6.45) is 3.25. The van der Waals surface area contributed by atoms with Gasteiger partial charge in [0.1, 0.15) is 6.10 Å². The van der Waals surface area contributed by atoms with E-state index in [0.717, 1.165) is 25.1 Å². The first-order valence-corrected chi connectivity index (χ1v) is 7.02. The largest absolute Gasteiger partial charge is 0.471 e. The number of piperidine rings is 1. The molecule has 2 aromatic heterocycles. The summed E-state index contributed by atoms with van der Waals surface area (Å²) in [5.41, 5.74) is 0.848. The van der Waals surface area contributed by atoms with Crippen molar-refractivity contribution in [3.8, 4) is 5.88 Å². The first kappa shape index (κ1) is 13.6. The van der Waals surface area contributed by atoms with E-state index in [9.17, 15) is 4.79 Å². The molecule has 21 heavy (non-hydrogen) atoms. The maximum atomic E-state index is 12.3. The van der Waals surface area contributed by atoms with Crippen LogP contribution in [0.4, 0.5) is 0 Å². The smallest absolute Gasteiger partial charge is 0.289 e. The van der Waals surface area contributed by atoms with Crippen molar-refractivity contribution in [3.63, 3.8) is 0 Å². The van der Waals surface area contributed by atoms with Gasteiger partial charge in [-0.1, -0.05) is 0 Å². The van der Waals surface area contributed by atoms with Gasteiger partial charge in [-0.3, -0.25) is 4.79 Å². The van der Waals surface area contributed by atoms with Crippen LogP contribution in [0, 0.1) is 6.92 Å². The molecule has 1 amide bonds. The molecule has 1 fully saturated rings. The van der Waals surface area contributed by atoms with Crippen LogP contribution < -0.4 is 4.74 Å². The number of likely N-dealkylation sites (tertiary alicyclic amines) is 1. The molecular weight excluding hydrogens is 270 g/mol. The molecular formula is C15H17N3O3. The van der Waals surface area contributed by atoms with Gasteiger partial charge in [0.15, 0.2) is 5.76 Å². The van der Waals surface area contributed by atoms with Crippen LogP contribution in [0.1, 0.15) is 29.1 Å². The summed E-state index contributed by atoms with van der Waals surface area (Å²) in [5, 5.41) is 7.97. The van der Waals surface area contributed by atoms with E-state index in [4.69, 9.17) is 9.15 Å². The maximum Gasteiger partial charge on any atom is 0.289 e. The predicted octanol–water partition coefficient (Wildman–Crippen LogP) is 2.06. The highest BCUT2D eigenvalue weighted by atomic mass is 16.5. The molecule has 110 valence electrons. The standard InChI is InChI=1S/C15H17N3O3/c1-11-6-7-14(17-16-11)21-12-4-2-8-18(10-12)15(19)13-5-3-9-20-13/h3,5-7,9,12H,2,4,8,10H2,1H3/t12-/m1/s1. The molecule has 2 aromatic rings. The summed E-state index contributed by atoms with van der Waals surface area (Å²) in [6.45, 7) is 3.13. The van der Waals surface area contributed by atoms with Gasteiger partial charge in [-0.2, -0.15) is 5.10 Å². The second-order valence-corrected chi connectivity index (χ2v) is 5.12. The van der Waals surface area contributed by atoms with E-state index >= 15 is 0 Å². The lowest BCUT2D eigenvalue weighted by molar-refractivity contribution is 0.0498. The maximum absolute atomic E-state index is 12.3. The summed E-state index contributed by atoms with van der Waals surface area (Å²) in [7, 11) is 0. The van der Waals surface area contributed by atoms with Gasteiger partial charge in [0.05, 0.1) is 18.5 Å². The van der Waals surface area contributed by atoms with Crippen molar-refractivity contribution in [1.29, 1.82) is 0 Å². The van der Waals surface area contributed by atoms with Crippen LogP contribution in [0.2, 0.25) is 0 Å². The normalized spacial score (nSPS) is 18.5. The molecule has 0 bridgehead atoms. The van der Waals surface area contributed by atoms with Crippen LogP contribution in [0.25, 0.3) is 0 Å². The number of furan rings is 1. The van der Waals surface area contributed by atoms with Crippen LogP contribution in [0.3, 0.4) is 0 Å². The van der Waals surface area contributed by atoms with Gasteiger partial charge in [-0.05, 0) is 38.0 Å². The Morgan fingerprint density at radius 2 is 2.29 bits per heavy atom. The van der Waals surface area contributed by atoms with Crippen LogP contribution >= 0.6 is 0 Å². The number of rotatable bonds is 3. The molecule has 0 radical (unpaired) electrons. The number of ether oxygens (including phenoxy) is 1. The van der Waals surface area contributed by atoms with Crippen LogP contribution in [-0.2, 0) is 0 Å². The SMILES string of the molecule is Cc1ccc(O[C@@H]2CCCN(C(=O)c3ccco3)C2)nn1. The summed E-state index contributed by atoms with van der Waals surface area (Å²) in [5.74, 6) is 0.770. The molecule has 0 saturated carbocycles. The fraction of sp³-hybridized carbons (Fsp3) is 0.400. The highest BCUT2D eigenvalue weighted by Crippen LogP contribution is 2.18. The molecule has 1 aliphatic rings. The molecule has 0 spiro atoms. The number of nitrogens with zero attached hydrogens (tertiary/aromatic N) is 3. The number of carbonyl (C=O) groups excluding carboxylic acids is 1. The van der Waals surface area contributed by atoms with Crippen molar-refractivity contribution in [2.45, 2.75) is 25.9 Å². The molecule has 1 saturated heterocycles.